The van der Waals surface area contributed by atoms with E-state index in [0.717, 1.165) is 12.8 Å². The van der Waals surface area contributed by atoms with Crippen molar-refractivity contribution in [3.8, 4) is 0 Å². The molecule has 0 amide bonds. The van der Waals surface area contributed by atoms with Gasteiger partial charge in [0.05, 0.1) is 6.54 Å². The van der Waals surface area contributed by atoms with Crippen LogP contribution in [0.15, 0.2) is 0 Å². The average molecular weight is 438 g/mol. The first-order valence-corrected chi connectivity index (χ1v) is 11.5. The first-order valence-electron chi connectivity index (χ1n) is 10.7. The maximum absolute atomic E-state index is 13.3. The molecule has 0 spiro atoms. The van der Waals surface area contributed by atoms with Gasteiger partial charge < -0.3 is 5.21 Å². The zero-order chi connectivity index (χ0) is 21.3. The minimum absolute atomic E-state index is 0.0716. The van der Waals surface area contributed by atoms with E-state index in [2.05, 4.69) is 22.4 Å². The number of hydrogen-bond acceptors (Lipinski definition) is 6. The Hall–Kier alpha value is -0.810. The Morgan fingerprint density at radius 2 is 1.66 bits per heavy atom. The second kappa shape index (κ2) is 11.5. The fourth-order valence-corrected chi connectivity index (χ4v) is 4.50. The lowest BCUT2D eigenvalue weighted by Gasteiger charge is -2.39. The van der Waals surface area contributed by atoms with Crippen LogP contribution in [-0.2, 0) is 6.18 Å². The van der Waals surface area contributed by atoms with Crippen molar-refractivity contribution in [3.05, 3.63) is 10.2 Å². The molecule has 1 aromatic heterocycles. The van der Waals surface area contributed by atoms with Crippen LogP contribution in [-0.4, -0.2) is 48.1 Å². The van der Waals surface area contributed by atoms with Gasteiger partial charge in [-0.2, -0.15) is 13.2 Å². The number of halogens is 3. The lowest BCUT2D eigenvalue weighted by molar-refractivity contribution is -0.138. The van der Waals surface area contributed by atoms with Crippen LogP contribution in [0, 0.1) is 5.21 Å². The third-order valence-electron chi connectivity index (χ3n) is 5.33. The van der Waals surface area contributed by atoms with Crippen LogP contribution < -0.4 is 9.96 Å². The number of hydroxylamine groups is 2. The van der Waals surface area contributed by atoms with Gasteiger partial charge in [0.15, 0.2) is 6.17 Å². The van der Waals surface area contributed by atoms with E-state index in [1.54, 1.807) is 7.05 Å². The van der Waals surface area contributed by atoms with Gasteiger partial charge in [-0.15, -0.1) is 5.10 Å². The molecule has 29 heavy (non-hydrogen) atoms. The Labute approximate surface area is 175 Å². The molecule has 1 saturated heterocycles. The van der Waals surface area contributed by atoms with Gasteiger partial charge in [-0.1, -0.05) is 69.8 Å². The van der Waals surface area contributed by atoms with Crippen molar-refractivity contribution in [1.82, 2.24) is 25.1 Å². The highest BCUT2D eigenvalue weighted by Crippen LogP contribution is 2.38. The van der Waals surface area contributed by atoms with Crippen molar-refractivity contribution in [1.29, 1.82) is 0 Å². The minimum Gasteiger partial charge on any atom is -0.623 e. The van der Waals surface area contributed by atoms with Gasteiger partial charge in [0.1, 0.15) is 6.67 Å². The largest absolute Gasteiger partial charge is 0.623 e. The fourth-order valence-electron chi connectivity index (χ4n) is 3.71. The van der Waals surface area contributed by atoms with Crippen molar-refractivity contribution in [2.24, 2.45) is 0 Å². The number of aromatic nitrogens is 2. The van der Waals surface area contributed by atoms with Crippen LogP contribution in [0.2, 0.25) is 0 Å². The lowest BCUT2D eigenvalue weighted by atomic mass is 10.1. The highest BCUT2D eigenvalue weighted by molar-refractivity contribution is 7.15. The Bertz CT molecular complexity index is 601. The summed E-state index contributed by atoms with van der Waals surface area (Å²) in [6.45, 7) is 3.45. The number of nitrogens with zero attached hydrogens (tertiary/aromatic N) is 4. The highest BCUT2D eigenvalue weighted by Gasteiger charge is 2.45. The molecule has 0 saturated carbocycles. The Kier molecular flexibility index (Phi) is 9.74. The molecule has 1 aliphatic heterocycles. The van der Waals surface area contributed by atoms with Gasteiger partial charge >= 0.3 is 11.3 Å². The van der Waals surface area contributed by atoms with Crippen molar-refractivity contribution >= 4 is 16.5 Å². The maximum atomic E-state index is 13.3. The maximum Gasteiger partial charge on any atom is 0.445 e. The van der Waals surface area contributed by atoms with Crippen LogP contribution >= 0.6 is 11.3 Å². The van der Waals surface area contributed by atoms with Crippen molar-refractivity contribution < 1.29 is 13.2 Å². The number of rotatable bonds is 13. The van der Waals surface area contributed by atoms with E-state index in [1.165, 1.54) is 51.4 Å². The van der Waals surface area contributed by atoms with Crippen LogP contribution in [0.5, 0.6) is 0 Å². The van der Waals surface area contributed by atoms with Crippen LogP contribution in [0.25, 0.3) is 0 Å². The summed E-state index contributed by atoms with van der Waals surface area (Å²) < 4.78 is 37.5. The molecule has 0 bridgehead atoms. The van der Waals surface area contributed by atoms with Crippen LogP contribution in [0.3, 0.4) is 0 Å². The zero-order valence-corrected chi connectivity index (χ0v) is 18.3. The molecule has 1 aliphatic rings. The number of quaternary nitrogens is 1. The van der Waals surface area contributed by atoms with Crippen molar-refractivity contribution in [2.75, 3.05) is 26.8 Å². The monoisotopic (exact) mass is 437 g/mol. The number of nitrogens with one attached hydrogen (secondary N) is 1. The summed E-state index contributed by atoms with van der Waals surface area (Å²) in [5, 5.41) is 22.1. The fraction of sp³-hybridized carbons (Fsp3) is 0.895. The third kappa shape index (κ3) is 7.43. The van der Waals surface area contributed by atoms with Gasteiger partial charge in [0.25, 0.3) is 0 Å². The van der Waals surface area contributed by atoms with E-state index in [-0.39, 0.29) is 11.8 Å². The standard InChI is InChI=1S/C19H34F3N5OS/c1-3-4-5-6-7-8-9-10-11-12-13-23-16-14-26(2)15-27(16,28)18-25-24-17(29-18)19(20,21)22/h16,23H,3-15H2,1-2H3. The van der Waals surface area contributed by atoms with Crippen molar-refractivity contribution in [3.63, 3.8) is 0 Å². The molecule has 0 aliphatic carbocycles. The number of alkyl halides is 3. The van der Waals surface area contributed by atoms with Gasteiger partial charge in [0, 0.05) is 6.54 Å². The molecule has 10 heteroatoms. The molecule has 2 unspecified atom stereocenters. The summed E-state index contributed by atoms with van der Waals surface area (Å²) in [5.41, 5.74) is 0. The van der Waals surface area contributed by atoms with Gasteiger partial charge in [0.2, 0.25) is 5.01 Å². The predicted octanol–water partition coefficient (Wildman–Crippen LogP) is 5.10. The molecule has 1 fully saturated rings. The Balaban J connectivity index is 1.70. The minimum atomic E-state index is -4.57. The molecule has 2 heterocycles. The smallest absolute Gasteiger partial charge is 0.445 e. The summed E-state index contributed by atoms with van der Waals surface area (Å²) in [6.07, 6.45) is 7.25. The number of hydrogen-bond donors (Lipinski definition) is 1. The molecule has 1 aromatic rings. The summed E-state index contributed by atoms with van der Waals surface area (Å²) in [4.78, 5) is 1.82. The quantitative estimate of drug-likeness (QED) is 0.264. The molecule has 2 rings (SSSR count). The normalized spacial score (nSPS) is 23.2. The Morgan fingerprint density at radius 3 is 2.21 bits per heavy atom. The molecular weight excluding hydrogens is 403 g/mol. The van der Waals surface area contributed by atoms with E-state index >= 15 is 0 Å². The van der Waals surface area contributed by atoms with Crippen LogP contribution in [0.4, 0.5) is 18.3 Å². The summed E-state index contributed by atoms with van der Waals surface area (Å²) in [7, 11) is 1.79. The molecular formula is C19H34F3N5OS. The lowest BCUT2D eigenvalue weighted by Crippen LogP contribution is -2.56. The highest BCUT2D eigenvalue weighted by atomic mass is 32.1. The first-order chi connectivity index (χ1) is 13.8. The summed E-state index contributed by atoms with van der Waals surface area (Å²) >= 11 is 0.347. The predicted molar refractivity (Wildman–Crippen MR) is 111 cm³/mol. The van der Waals surface area contributed by atoms with E-state index in [1.807, 2.05) is 4.90 Å². The second-order valence-corrected chi connectivity index (χ2v) is 8.97. The summed E-state index contributed by atoms with van der Waals surface area (Å²) in [5.74, 6) is 0. The Morgan fingerprint density at radius 1 is 1.07 bits per heavy atom. The molecule has 2 atom stereocenters. The van der Waals surface area contributed by atoms with Crippen LogP contribution in [0.1, 0.15) is 76.1 Å². The SMILES string of the molecule is CCCCCCCCCCCCNC1CN(C)C[N+]1([O-])c1nnc(C(F)(F)F)s1. The van der Waals surface area contributed by atoms with Gasteiger partial charge in [-0.05, 0) is 24.8 Å². The molecule has 168 valence electrons. The van der Waals surface area contributed by atoms with Crippen molar-refractivity contribution in [2.45, 2.75) is 83.5 Å². The average Bonchev–Trinajstić information content (AvgIpc) is 3.25. The molecule has 0 aromatic carbocycles. The first kappa shape index (κ1) is 24.5. The van der Waals surface area contributed by atoms with E-state index in [9.17, 15) is 18.4 Å². The van der Waals surface area contributed by atoms with Gasteiger partial charge in [-0.3, -0.25) is 14.9 Å². The zero-order valence-electron chi connectivity index (χ0n) is 17.5. The molecule has 0 radical (unpaired) electrons. The van der Waals surface area contributed by atoms with Gasteiger partial charge in [-0.25, -0.2) is 0 Å². The molecule has 6 nitrogen and oxygen atoms in total. The molecule has 1 N–H and O–H groups in total. The van der Waals surface area contributed by atoms with E-state index in [4.69, 9.17) is 0 Å². The number of unbranched alkanes of at least 4 members (excludes halogenated alkanes) is 9. The topological polar surface area (TPSA) is 64.1 Å². The van der Waals surface area contributed by atoms with E-state index in [0.29, 0.717) is 24.4 Å². The third-order valence-corrected chi connectivity index (χ3v) is 6.41. The summed E-state index contributed by atoms with van der Waals surface area (Å²) in [6, 6.07) is 0. The number of likely N-dealkylation sites (N-methyl/N-ethyl adjacent to an activating group) is 1. The van der Waals surface area contributed by atoms with E-state index < -0.39 is 22.0 Å². The second-order valence-electron chi connectivity index (χ2n) is 8.02.